The van der Waals surface area contributed by atoms with E-state index in [1.807, 2.05) is 30.3 Å². The second-order valence-corrected chi connectivity index (χ2v) is 5.42. The van der Waals surface area contributed by atoms with Gasteiger partial charge in [-0.15, -0.1) is 0 Å². The average Bonchev–Trinajstić information content (AvgIpc) is 2.46. The summed E-state index contributed by atoms with van der Waals surface area (Å²) in [6.45, 7) is 5.58. The minimum Gasteiger partial charge on any atom is -0.493 e. The van der Waals surface area contributed by atoms with Crippen molar-refractivity contribution in [2.75, 3.05) is 32.8 Å². The lowest BCUT2D eigenvalue weighted by atomic mass is 9.92. The molecular weight excluding hydrogens is 224 g/mol. The van der Waals surface area contributed by atoms with Gasteiger partial charge in [-0.1, -0.05) is 18.2 Å². The van der Waals surface area contributed by atoms with Crippen molar-refractivity contribution >= 4 is 0 Å². The Morgan fingerprint density at radius 3 is 3.00 bits per heavy atom. The van der Waals surface area contributed by atoms with Gasteiger partial charge in [0.1, 0.15) is 5.75 Å². The van der Waals surface area contributed by atoms with Crippen LogP contribution in [0.3, 0.4) is 0 Å². The molecule has 1 aromatic carbocycles. The summed E-state index contributed by atoms with van der Waals surface area (Å²) in [6, 6.07) is 10.9. The fourth-order valence-corrected chi connectivity index (χ4v) is 3.05. The number of ether oxygens (including phenoxy) is 1. The summed E-state index contributed by atoms with van der Waals surface area (Å²) in [7, 11) is 0. The molecule has 2 fully saturated rings. The SMILES string of the molecule is c1ccc(OCC2CC[C@H]3CNCCN3C2)cc1. The number of hydrogen-bond acceptors (Lipinski definition) is 3. The van der Waals surface area contributed by atoms with Crippen LogP contribution in [0.2, 0.25) is 0 Å². The molecule has 3 rings (SSSR count). The van der Waals surface area contributed by atoms with Crippen LogP contribution in [-0.4, -0.2) is 43.7 Å². The zero-order valence-corrected chi connectivity index (χ0v) is 10.8. The molecule has 2 aliphatic heterocycles. The standard InChI is InChI=1S/C15H22N2O/c1-2-4-15(5-3-1)18-12-13-6-7-14-10-16-8-9-17(14)11-13/h1-5,13-14,16H,6-12H2/t13?,14-/m0/s1. The van der Waals surface area contributed by atoms with Crippen LogP contribution in [-0.2, 0) is 0 Å². The minimum absolute atomic E-state index is 0.694. The van der Waals surface area contributed by atoms with Crippen molar-refractivity contribution in [1.29, 1.82) is 0 Å². The van der Waals surface area contributed by atoms with Gasteiger partial charge in [0, 0.05) is 38.1 Å². The Morgan fingerprint density at radius 1 is 1.22 bits per heavy atom. The van der Waals surface area contributed by atoms with Crippen LogP contribution in [0.5, 0.6) is 5.75 Å². The van der Waals surface area contributed by atoms with Crippen molar-refractivity contribution in [3.05, 3.63) is 30.3 Å². The molecule has 2 aliphatic rings. The van der Waals surface area contributed by atoms with E-state index in [2.05, 4.69) is 10.2 Å². The predicted octanol–water partition coefficient (Wildman–Crippen LogP) is 1.75. The van der Waals surface area contributed by atoms with Crippen molar-refractivity contribution in [1.82, 2.24) is 10.2 Å². The number of benzene rings is 1. The maximum Gasteiger partial charge on any atom is 0.119 e. The molecule has 0 radical (unpaired) electrons. The normalized spacial score (nSPS) is 28.7. The van der Waals surface area contributed by atoms with Gasteiger partial charge in [-0.25, -0.2) is 0 Å². The fraction of sp³-hybridized carbons (Fsp3) is 0.600. The zero-order chi connectivity index (χ0) is 12.2. The highest BCUT2D eigenvalue weighted by molar-refractivity contribution is 5.20. The highest BCUT2D eigenvalue weighted by atomic mass is 16.5. The Kier molecular flexibility index (Phi) is 3.81. The van der Waals surface area contributed by atoms with Crippen LogP contribution < -0.4 is 10.1 Å². The molecule has 0 saturated carbocycles. The van der Waals surface area contributed by atoms with Gasteiger partial charge in [-0.3, -0.25) is 4.90 Å². The lowest BCUT2D eigenvalue weighted by Gasteiger charge is -2.42. The minimum atomic E-state index is 0.694. The number of nitrogens with one attached hydrogen (secondary N) is 1. The van der Waals surface area contributed by atoms with Crippen LogP contribution in [0.4, 0.5) is 0 Å². The Morgan fingerprint density at radius 2 is 2.11 bits per heavy atom. The average molecular weight is 246 g/mol. The molecule has 0 spiro atoms. The summed E-state index contributed by atoms with van der Waals surface area (Å²) < 4.78 is 5.88. The van der Waals surface area contributed by atoms with Gasteiger partial charge < -0.3 is 10.1 Å². The molecule has 1 N–H and O–H groups in total. The van der Waals surface area contributed by atoms with Crippen molar-refractivity contribution in [2.45, 2.75) is 18.9 Å². The third-order valence-electron chi connectivity index (χ3n) is 4.10. The first-order valence-corrected chi connectivity index (χ1v) is 7.04. The summed E-state index contributed by atoms with van der Waals surface area (Å²) in [5, 5.41) is 3.48. The Balaban J connectivity index is 1.49. The summed E-state index contributed by atoms with van der Waals surface area (Å²) in [4.78, 5) is 2.64. The molecule has 98 valence electrons. The summed E-state index contributed by atoms with van der Waals surface area (Å²) in [6.07, 6.45) is 2.62. The number of para-hydroxylation sites is 1. The van der Waals surface area contributed by atoms with Gasteiger partial charge in [0.2, 0.25) is 0 Å². The lowest BCUT2D eigenvalue weighted by Crippen LogP contribution is -2.55. The molecule has 3 heteroatoms. The first-order valence-electron chi connectivity index (χ1n) is 7.04. The fourth-order valence-electron chi connectivity index (χ4n) is 3.05. The first kappa shape index (κ1) is 12.0. The van der Waals surface area contributed by atoms with E-state index >= 15 is 0 Å². The number of hydrogen-bond donors (Lipinski definition) is 1. The van der Waals surface area contributed by atoms with Gasteiger partial charge >= 0.3 is 0 Å². The second-order valence-electron chi connectivity index (χ2n) is 5.42. The largest absolute Gasteiger partial charge is 0.493 e. The highest BCUT2D eigenvalue weighted by Gasteiger charge is 2.29. The van der Waals surface area contributed by atoms with E-state index < -0.39 is 0 Å². The van der Waals surface area contributed by atoms with Crippen LogP contribution >= 0.6 is 0 Å². The van der Waals surface area contributed by atoms with Crippen LogP contribution in [0.25, 0.3) is 0 Å². The maximum atomic E-state index is 5.88. The van der Waals surface area contributed by atoms with Gasteiger partial charge in [0.25, 0.3) is 0 Å². The van der Waals surface area contributed by atoms with Crippen molar-refractivity contribution in [3.63, 3.8) is 0 Å². The molecule has 1 aromatic rings. The van der Waals surface area contributed by atoms with E-state index in [1.54, 1.807) is 0 Å². The highest BCUT2D eigenvalue weighted by Crippen LogP contribution is 2.23. The number of piperazine rings is 1. The number of nitrogens with zero attached hydrogens (tertiary/aromatic N) is 1. The molecule has 0 aromatic heterocycles. The summed E-state index contributed by atoms with van der Waals surface area (Å²) in [5.74, 6) is 1.69. The summed E-state index contributed by atoms with van der Waals surface area (Å²) in [5.41, 5.74) is 0. The molecule has 2 saturated heterocycles. The molecule has 2 atom stereocenters. The first-order chi connectivity index (χ1) is 8.92. The molecule has 1 unspecified atom stereocenters. The van der Waals surface area contributed by atoms with Gasteiger partial charge in [-0.2, -0.15) is 0 Å². The zero-order valence-electron chi connectivity index (χ0n) is 10.8. The monoisotopic (exact) mass is 246 g/mol. The molecule has 2 heterocycles. The number of fused-ring (bicyclic) bond motifs is 1. The van der Waals surface area contributed by atoms with E-state index in [4.69, 9.17) is 4.74 Å². The molecule has 3 nitrogen and oxygen atoms in total. The van der Waals surface area contributed by atoms with E-state index in [1.165, 1.54) is 32.5 Å². The second kappa shape index (κ2) is 5.72. The lowest BCUT2D eigenvalue weighted by molar-refractivity contribution is 0.0650. The van der Waals surface area contributed by atoms with Crippen molar-refractivity contribution < 1.29 is 4.74 Å². The Labute approximate surface area is 109 Å². The third kappa shape index (κ3) is 2.85. The molecule has 0 amide bonds. The van der Waals surface area contributed by atoms with Gasteiger partial charge in [0.05, 0.1) is 6.61 Å². The quantitative estimate of drug-likeness (QED) is 0.879. The van der Waals surface area contributed by atoms with Crippen LogP contribution in [0.1, 0.15) is 12.8 Å². The van der Waals surface area contributed by atoms with Crippen molar-refractivity contribution in [3.8, 4) is 5.75 Å². The van der Waals surface area contributed by atoms with E-state index in [0.717, 1.165) is 24.9 Å². The summed E-state index contributed by atoms with van der Waals surface area (Å²) >= 11 is 0. The van der Waals surface area contributed by atoms with Crippen LogP contribution in [0, 0.1) is 5.92 Å². The predicted molar refractivity (Wildman–Crippen MR) is 72.9 cm³/mol. The molecule has 0 aliphatic carbocycles. The van der Waals surface area contributed by atoms with E-state index in [9.17, 15) is 0 Å². The molecular formula is C15H22N2O. The number of piperidine rings is 1. The van der Waals surface area contributed by atoms with Crippen molar-refractivity contribution in [2.24, 2.45) is 5.92 Å². The topological polar surface area (TPSA) is 24.5 Å². The van der Waals surface area contributed by atoms with Gasteiger partial charge in [0.15, 0.2) is 0 Å². The van der Waals surface area contributed by atoms with E-state index in [0.29, 0.717) is 5.92 Å². The third-order valence-corrected chi connectivity index (χ3v) is 4.10. The molecule has 18 heavy (non-hydrogen) atoms. The van der Waals surface area contributed by atoms with Gasteiger partial charge in [-0.05, 0) is 25.0 Å². The van der Waals surface area contributed by atoms with E-state index in [-0.39, 0.29) is 0 Å². The number of rotatable bonds is 3. The van der Waals surface area contributed by atoms with Crippen LogP contribution in [0.15, 0.2) is 30.3 Å². The maximum absolute atomic E-state index is 5.88. The smallest absolute Gasteiger partial charge is 0.119 e. The Bertz CT molecular complexity index is 368. The molecule has 0 bridgehead atoms. The Hall–Kier alpha value is -1.06.